The Morgan fingerprint density at radius 3 is 2.31 bits per heavy atom. The first-order valence-corrected chi connectivity index (χ1v) is 10.5. The monoisotopic (exact) mass is 520 g/mol. The van der Waals surface area contributed by atoms with Crippen LogP contribution in [0.4, 0.5) is 0 Å². The highest BCUT2D eigenvalue weighted by atomic mass is 127. The molecule has 1 aromatic rings. The maximum absolute atomic E-state index is 5.74. The van der Waals surface area contributed by atoms with Crippen molar-refractivity contribution in [1.82, 2.24) is 15.5 Å². The van der Waals surface area contributed by atoms with E-state index in [4.69, 9.17) is 9.47 Å². The first-order chi connectivity index (χ1) is 13.4. The van der Waals surface area contributed by atoms with E-state index in [-0.39, 0.29) is 30.0 Å². The highest BCUT2D eigenvalue weighted by molar-refractivity contribution is 14.0. The van der Waals surface area contributed by atoms with Gasteiger partial charge in [0.25, 0.3) is 0 Å². The van der Waals surface area contributed by atoms with Crippen LogP contribution in [0.25, 0.3) is 0 Å². The SMILES string of the molecule is CCOc1ccc(C(C)NC(=NC)NCCCCN(C)C(C)C)cc1OCC.I. The molecule has 0 aliphatic heterocycles. The molecule has 1 rings (SSSR count). The fourth-order valence-corrected chi connectivity index (χ4v) is 2.77. The number of rotatable bonds is 12. The topological polar surface area (TPSA) is 58.1 Å². The molecule has 7 heteroatoms. The van der Waals surface area contributed by atoms with Crippen molar-refractivity contribution in [2.24, 2.45) is 4.99 Å². The molecule has 168 valence electrons. The van der Waals surface area contributed by atoms with Gasteiger partial charge in [-0.15, -0.1) is 24.0 Å². The largest absolute Gasteiger partial charge is 0.490 e. The van der Waals surface area contributed by atoms with Gasteiger partial charge in [0.05, 0.1) is 19.3 Å². The second-order valence-corrected chi connectivity index (χ2v) is 7.22. The van der Waals surface area contributed by atoms with Crippen LogP contribution < -0.4 is 20.1 Å². The van der Waals surface area contributed by atoms with E-state index in [1.54, 1.807) is 7.05 Å². The summed E-state index contributed by atoms with van der Waals surface area (Å²) in [6, 6.07) is 6.79. The molecule has 0 spiro atoms. The van der Waals surface area contributed by atoms with E-state index in [2.05, 4.69) is 54.4 Å². The fraction of sp³-hybridized carbons (Fsp3) is 0.682. The zero-order valence-corrected chi connectivity index (χ0v) is 21.6. The zero-order chi connectivity index (χ0) is 20.9. The van der Waals surface area contributed by atoms with E-state index in [0.29, 0.717) is 19.3 Å². The molecule has 0 saturated heterocycles. The lowest BCUT2D eigenvalue weighted by Crippen LogP contribution is -2.39. The Morgan fingerprint density at radius 2 is 1.72 bits per heavy atom. The van der Waals surface area contributed by atoms with E-state index >= 15 is 0 Å². The van der Waals surface area contributed by atoms with Gasteiger partial charge in [-0.3, -0.25) is 4.99 Å². The van der Waals surface area contributed by atoms with Gasteiger partial charge in [0.15, 0.2) is 17.5 Å². The predicted molar refractivity (Wildman–Crippen MR) is 134 cm³/mol. The van der Waals surface area contributed by atoms with Gasteiger partial charge in [-0.05, 0) is 78.7 Å². The number of guanidine groups is 1. The minimum atomic E-state index is 0. The normalized spacial score (nSPS) is 12.5. The second-order valence-electron chi connectivity index (χ2n) is 7.22. The molecule has 29 heavy (non-hydrogen) atoms. The quantitative estimate of drug-likeness (QED) is 0.185. The van der Waals surface area contributed by atoms with Gasteiger partial charge in [-0.25, -0.2) is 0 Å². The number of nitrogens with zero attached hydrogens (tertiary/aromatic N) is 2. The van der Waals surface area contributed by atoms with Crippen molar-refractivity contribution in [1.29, 1.82) is 0 Å². The van der Waals surface area contributed by atoms with Crippen LogP contribution in [0.1, 0.15) is 59.1 Å². The Morgan fingerprint density at radius 1 is 1.07 bits per heavy atom. The minimum Gasteiger partial charge on any atom is -0.490 e. The molecule has 1 aromatic carbocycles. The van der Waals surface area contributed by atoms with E-state index in [1.807, 2.05) is 26.0 Å². The molecule has 0 heterocycles. The van der Waals surface area contributed by atoms with Crippen molar-refractivity contribution in [3.8, 4) is 11.5 Å². The molecule has 0 aliphatic rings. The van der Waals surface area contributed by atoms with E-state index in [1.165, 1.54) is 6.42 Å². The highest BCUT2D eigenvalue weighted by Gasteiger charge is 2.12. The Kier molecular flexibility index (Phi) is 14.9. The summed E-state index contributed by atoms with van der Waals surface area (Å²) in [7, 11) is 3.98. The molecule has 6 nitrogen and oxygen atoms in total. The number of benzene rings is 1. The molecule has 0 radical (unpaired) electrons. The van der Waals surface area contributed by atoms with Crippen LogP contribution in [0.5, 0.6) is 11.5 Å². The van der Waals surface area contributed by atoms with Crippen LogP contribution in [0.15, 0.2) is 23.2 Å². The fourth-order valence-electron chi connectivity index (χ4n) is 2.77. The molecular formula is C22H41IN4O2. The van der Waals surface area contributed by atoms with Crippen LogP contribution in [0, 0.1) is 0 Å². The molecule has 0 bridgehead atoms. The molecule has 0 fully saturated rings. The van der Waals surface area contributed by atoms with E-state index in [9.17, 15) is 0 Å². The maximum atomic E-state index is 5.74. The Balaban J connectivity index is 0.00000784. The van der Waals surface area contributed by atoms with Crippen molar-refractivity contribution in [3.05, 3.63) is 23.8 Å². The summed E-state index contributed by atoms with van der Waals surface area (Å²) < 4.78 is 11.4. The number of unbranched alkanes of at least 4 members (excludes halogenated alkanes) is 1. The minimum absolute atomic E-state index is 0. The van der Waals surface area contributed by atoms with Gasteiger partial charge in [-0.2, -0.15) is 0 Å². The van der Waals surface area contributed by atoms with Gasteiger partial charge < -0.3 is 25.0 Å². The highest BCUT2D eigenvalue weighted by Crippen LogP contribution is 2.30. The number of aliphatic imine (C=N–C) groups is 1. The molecular weight excluding hydrogens is 479 g/mol. The summed E-state index contributed by atoms with van der Waals surface area (Å²) in [5.74, 6) is 2.39. The van der Waals surface area contributed by atoms with Crippen molar-refractivity contribution >= 4 is 29.9 Å². The first kappa shape index (κ1) is 27.8. The number of hydrogen-bond acceptors (Lipinski definition) is 4. The van der Waals surface area contributed by atoms with Crippen LogP contribution in [-0.2, 0) is 0 Å². The van der Waals surface area contributed by atoms with Crippen LogP contribution in [0.2, 0.25) is 0 Å². The predicted octanol–water partition coefficient (Wildman–Crippen LogP) is 4.45. The lowest BCUT2D eigenvalue weighted by Gasteiger charge is -2.21. The molecule has 1 unspecified atom stereocenters. The molecule has 1 atom stereocenters. The average Bonchev–Trinajstić information content (AvgIpc) is 2.68. The lowest BCUT2D eigenvalue weighted by molar-refractivity contribution is 0.268. The third kappa shape index (κ3) is 10.4. The number of nitrogens with one attached hydrogen (secondary N) is 2. The van der Waals surface area contributed by atoms with Crippen LogP contribution >= 0.6 is 24.0 Å². The van der Waals surface area contributed by atoms with Crippen LogP contribution in [-0.4, -0.2) is 57.3 Å². The molecule has 0 aromatic heterocycles. The molecule has 2 N–H and O–H groups in total. The Hall–Kier alpha value is -1.22. The summed E-state index contributed by atoms with van der Waals surface area (Å²) in [6.45, 7) is 13.8. The van der Waals surface area contributed by atoms with Gasteiger partial charge in [0.1, 0.15) is 0 Å². The van der Waals surface area contributed by atoms with Crippen molar-refractivity contribution in [2.75, 3.05) is 40.4 Å². The second kappa shape index (κ2) is 15.6. The van der Waals surface area contributed by atoms with Gasteiger partial charge in [0, 0.05) is 19.6 Å². The summed E-state index contributed by atoms with van der Waals surface area (Å²) >= 11 is 0. The van der Waals surface area contributed by atoms with E-state index < -0.39 is 0 Å². The first-order valence-electron chi connectivity index (χ1n) is 10.5. The molecule has 0 aliphatic carbocycles. The standard InChI is InChI=1S/C22H40N4O2.HI/c1-8-27-20-13-12-19(16-21(20)28-9-2)18(5)25-22(23-6)24-14-10-11-15-26(7)17(3)4;/h12-13,16-18H,8-11,14-15H2,1-7H3,(H2,23,24,25);1H. The van der Waals surface area contributed by atoms with E-state index in [0.717, 1.165) is 42.5 Å². The van der Waals surface area contributed by atoms with Gasteiger partial charge in [-0.1, -0.05) is 6.07 Å². The zero-order valence-electron chi connectivity index (χ0n) is 19.2. The number of ether oxygens (including phenoxy) is 2. The molecule has 0 amide bonds. The van der Waals surface area contributed by atoms with Crippen molar-refractivity contribution in [2.45, 2.75) is 59.5 Å². The van der Waals surface area contributed by atoms with Crippen molar-refractivity contribution in [3.63, 3.8) is 0 Å². The summed E-state index contributed by atoms with van der Waals surface area (Å²) in [6.07, 6.45) is 2.29. The maximum Gasteiger partial charge on any atom is 0.191 e. The molecule has 0 saturated carbocycles. The Labute approximate surface area is 194 Å². The van der Waals surface area contributed by atoms with Gasteiger partial charge in [0.2, 0.25) is 0 Å². The Bertz CT molecular complexity index is 596. The van der Waals surface area contributed by atoms with Crippen molar-refractivity contribution < 1.29 is 9.47 Å². The summed E-state index contributed by atoms with van der Waals surface area (Å²) in [5.41, 5.74) is 1.13. The smallest absolute Gasteiger partial charge is 0.191 e. The third-order valence-corrected chi connectivity index (χ3v) is 4.76. The summed E-state index contributed by atoms with van der Waals surface area (Å²) in [4.78, 5) is 6.72. The number of halogens is 1. The third-order valence-electron chi connectivity index (χ3n) is 4.76. The summed E-state index contributed by atoms with van der Waals surface area (Å²) in [5, 5.41) is 6.86. The number of hydrogen-bond donors (Lipinski definition) is 2. The average molecular weight is 521 g/mol. The van der Waals surface area contributed by atoms with Gasteiger partial charge >= 0.3 is 0 Å². The van der Waals surface area contributed by atoms with Crippen LogP contribution in [0.3, 0.4) is 0 Å². The lowest BCUT2D eigenvalue weighted by atomic mass is 10.1.